The van der Waals surface area contributed by atoms with Gasteiger partial charge < -0.3 is 5.73 Å². The van der Waals surface area contributed by atoms with Crippen molar-refractivity contribution >= 4 is 46.0 Å². The second kappa shape index (κ2) is 7.36. The Bertz CT molecular complexity index is 1370. The molecular weight excluding hydrogens is 439 g/mol. The number of nitrogens with two attached hydrogens (primary N) is 1. The first kappa shape index (κ1) is 19.0. The van der Waals surface area contributed by atoms with E-state index in [1.165, 1.54) is 11.3 Å². The summed E-state index contributed by atoms with van der Waals surface area (Å²) in [6.45, 7) is 1.92. The Hall–Kier alpha value is -3.00. The monoisotopic (exact) mass is 452 g/mol. The average Bonchev–Trinajstić information content (AvgIpc) is 3.35. The average molecular weight is 453 g/mol. The van der Waals surface area contributed by atoms with Crippen LogP contribution in [-0.4, -0.2) is 24.8 Å². The minimum Gasteiger partial charge on any atom is -0.382 e. The lowest BCUT2D eigenvalue weighted by atomic mass is 10.1. The Morgan fingerprint density at radius 3 is 2.20 bits per heavy atom. The van der Waals surface area contributed by atoms with E-state index in [4.69, 9.17) is 28.9 Å². The van der Waals surface area contributed by atoms with Crippen LogP contribution in [0.15, 0.2) is 53.9 Å². The Labute approximate surface area is 185 Å². The van der Waals surface area contributed by atoms with Crippen molar-refractivity contribution in [2.24, 2.45) is 0 Å². The minimum absolute atomic E-state index is 0.389. The van der Waals surface area contributed by atoms with Gasteiger partial charge in [-0.15, -0.1) is 21.5 Å². The summed E-state index contributed by atoms with van der Waals surface area (Å²) in [5.41, 5.74) is 11.9. The first-order chi connectivity index (χ1) is 14.5. The molecule has 0 bridgehead atoms. The van der Waals surface area contributed by atoms with E-state index in [-0.39, 0.29) is 0 Å². The van der Waals surface area contributed by atoms with Crippen LogP contribution >= 0.6 is 34.5 Å². The molecule has 2 aromatic carbocycles. The molecular formula is C21H14Cl2N6S. The zero-order valence-corrected chi connectivity index (χ0v) is 18.0. The van der Waals surface area contributed by atoms with Crippen molar-refractivity contribution in [2.45, 2.75) is 6.92 Å². The van der Waals surface area contributed by atoms with Crippen LogP contribution in [0.25, 0.3) is 38.7 Å². The highest BCUT2D eigenvalue weighted by molar-refractivity contribution is 7.13. The summed E-state index contributed by atoms with van der Waals surface area (Å²) in [5.74, 6) is 0.389. The summed E-state index contributed by atoms with van der Waals surface area (Å²) in [6, 6.07) is 15.0. The Kier molecular flexibility index (Phi) is 4.66. The minimum atomic E-state index is 0.389. The second-order valence-corrected chi connectivity index (χ2v) is 8.41. The van der Waals surface area contributed by atoms with Crippen molar-refractivity contribution < 1.29 is 0 Å². The number of aryl methyl sites for hydroxylation is 1. The van der Waals surface area contributed by atoms with Crippen molar-refractivity contribution in [3.05, 3.63) is 69.7 Å². The van der Waals surface area contributed by atoms with Gasteiger partial charge in [0.05, 0.1) is 17.0 Å². The summed E-state index contributed by atoms with van der Waals surface area (Å²) in [6.07, 6.45) is 0. The SMILES string of the molecule is Cc1nn2c(N)c(-c3nc(-c4ccc(Cl)cc4)cs3)nnc2c1-c1ccc(Cl)cc1. The van der Waals surface area contributed by atoms with Gasteiger partial charge in [-0.25, -0.2) is 4.98 Å². The molecule has 2 N–H and O–H groups in total. The normalized spacial score (nSPS) is 11.3. The molecule has 5 rings (SSSR count). The maximum Gasteiger partial charge on any atom is 0.187 e. The van der Waals surface area contributed by atoms with E-state index in [1.54, 1.807) is 4.52 Å². The zero-order chi connectivity index (χ0) is 20.8. The lowest BCUT2D eigenvalue weighted by molar-refractivity contribution is 0.892. The van der Waals surface area contributed by atoms with Crippen LogP contribution in [0.3, 0.4) is 0 Å². The van der Waals surface area contributed by atoms with Gasteiger partial charge in [-0.05, 0) is 36.8 Å². The molecule has 3 aromatic heterocycles. The topological polar surface area (TPSA) is 82.0 Å². The molecule has 0 atom stereocenters. The van der Waals surface area contributed by atoms with E-state index in [0.717, 1.165) is 28.1 Å². The number of nitrogen functional groups attached to an aromatic ring is 1. The van der Waals surface area contributed by atoms with Crippen LogP contribution in [0.2, 0.25) is 10.0 Å². The van der Waals surface area contributed by atoms with Crippen LogP contribution in [0.5, 0.6) is 0 Å². The Morgan fingerprint density at radius 2 is 1.53 bits per heavy atom. The fourth-order valence-electron chi connectivity index (χ4n) is 3.27. The highest BCUT2D eigenvalue weighted by Crippen LogP contribution is 2.34. The van der Waals surface area contributed by atoms with Crippen LogP contribution in [0.1, 0.15) is 5.69 Å². The molecule has 6 nitrogen and oxygen atoms in total. The number of rotatable bonds is 3. The van der Waals surface area contributed by atoms with Crippen LogP contribution in [-0.2, 0) is 0 Å². The summed E-state index contributed by atoms with van der Waals surface area (Å²) >= 11 is 13.4. The molecule has 3 heterocycles. The predicted molar refractivity (Wildman–Crippen MR) is 122 cm³/mol. The van der Waals surface area contributed by atoms with Gasteiger partial charge in [0.15, 0.2) is 17.2 Å². The third kappa shape index (κ3) is 3.21. The molecule has 0 aliphatic heterocycles. The van der Waals surface area contributed by atoms with Gasteiger partial charge in [0.2, 0.25) is 0 Å². The second-order valence-electron chi connectivity index (χ2n) is 6.68. The quantitative estimate of drug-likeness (QED) is 0.375. The van der Waals surface area contributed by atoms with Gasteiger partial charge in [-0.1, -0.05) is 47.5 Å². The number of hydrogen-bond donors (Lipinski definition) is 1. The molecule has 0 saturated carbocycles. The van der Waals surface area contributed by atoms with E-state index in [9.17, 15) is 0 Å². The van der Waals surface area contributed by atoms with E-state index >= 15 is 0 Å². The smallest absolute Gasteiger partial charge is 0.187 e. The summed E-state index contributed by atoms with van der Waals surface area (Å²) in [5, 5.41) is 17.4. The number of anilines is 1. The molecule has 5 aromatic rings. The fourth-order valence-corrected chi connectivity index (χ4v) is 4.34. The highest BCUT2D eigenvalue weighted by Gasteiger charge is 2.20. The molecule has 148 valence electrons. The molecule has 0 radical (unpaired) electrons. The lowest BCUT2D eigenvalue weighted by Crippen LogP contribution is -2.05. The third-order valence-corrected chi connectivity index (χ3v) is 6.08. The van der Waals surface area contributed by atoms with Gasteiger partial charge in [0, 0.05) is 21.0 Å². The molecule has 0 amide bonds. The number of thiazole rings is 1. The molecule has 0 aliphatic rings. The van der Waals surface area contributed by atoms with Crippen molar-refractivity contribution in [3.63, 3.8) is 0 Å². The summed E-state index contributed by atoms with van der Waals surface area (Å²) < 4.78 is 1.62. The van der Waals surface area contributed by atoms with Crippen LogP contribution in [0, 0.1) is 6.92 Å². The molecule has 0 aliphatic carbocycles. The maximum absolute atomic E-state index is 6.43. The Morgan fingerprint density at radius 1 is 0.900 bits per heavy atom. The van der Waals surface area contributed by atoms with Crippen LogP contribution in [0.4, 0.5) is 5.82 Å². The molecule has 0 saturated heterocycles. The fraction of sp³-hybridized carbons (Fsp3) is 0.0476. The standard InChI is InChI=1S/C21H14Cl2N6S/c1-11-17(13-4-8-15(23)9-5-13)20-27-26-18(19(24)29(20)28-11)21-25-16(10-30-21)12-2-6-14(22)7-3-12/h2-10H,24H2,1H3. The molecule has 9 heteroatoms. The van der Waals surface area contributed by atoms with E-state index in [0.29, 0.717) is 32.2 Å². The largest absolute Gasteiger partial charge is 0.382 e. The van der Waals surface area contributed by atoms with E-state index in [1.807, 2.05) is 60.8 Å². The number of nitrogens with zero attached hydrogens (tertiary/aromatic N) is 5. The zero-order valence-electron chi connectivity index (χ0n) is 15.7. The van der Waals surface area contributed by atoms with Gasteiger partial charge in [-0.2, -0.15) is 9.61 Å². The van der Waals surface area contributed by atoms with Gasteiger partial charge in [0.25, 0.3) is 0 Å². The maximum atomic E-state index is 6.43. The number of benzene rings is 2. The first-order valence-electron chi connectivity index (χ1n) is 9.00. The first-order valence-corrected chi connectivity index (χ1v) is 10.6. The van der Waals surface area contributed by atoms with Crippen LogP contribution < -0.4 is 5.73 Å². The number of halogens is 2. The predicted octanol–water partition coefficient (Wildman–Crippen LogP) is 5.78. The van der Waals surface area contributed by atoms with Crippen molar-refractivity contribution in [3.8, 4) is 33.1 Å². The number of hydrogen-bond acceptors (Lipinski definition) is 6. The van der Waals surface area contributed by atoms with Crippen molar-refractivity contribution in [1.82, 2.24) is 24.8 Å². The number of aromatic nitrogens is 5. The van der Waals surface area contributed by atoms with E-state index < -0.39 is 0 Å². The summed E-state index contributed by atoms with van der Waals surface area (Å²) in [7, 11) is 0. The third-order valence-electron chi connectivity index (χ3n) is 4.73. The molecule has 30 heavy (non-hydrogen) atoms. The van der Waals surface area contributed by atoms with Gasteiger partial charge >= 0.3 is 0 Å². The van der Waals surface area contributed by atoms with Crippen molar-refractivity contribution in [2.75, 3.05) is 5.73 Å². The number of fused-ring (bicyclic) bond motifs is 1. The van der Waals surface area contributed by atoms with E-state index in [2.05, 4.69) is 20.3 Å². The Balaban J connectivity index is 1.59. The lowest BCUT2D eigenvalue weighted by Gasteiger charge is -2.04. The molecule has 0 spiro atoms. The van der Waals surface area contributed by atoms with Gasteiger partial charge in [-0.3, -0.25) is 0 Å². The molecule has 0 fully saturated rings. The summed E-state index contributed by atoms with van der Waals surface area (Å²) in [4.78, 5) is 4.68. The highest BCUT2D eigenvalue weighted by atomic mass is 35.5. The van der Waals surface area contributed by atoms with Crippen molar-refractivity contribution in [1.29, 1.82) is 0 Å². The van der Waals surface area contributed by atoms with Gasteiger partial charge in [0.1, 0.15) is 5.01 Å². The molecule has 0 unspecified atom stereocenters.